The monoisotopic (exact) mass is 461 g/mol. The Labute approximate surface area is 199 Å². The molecule has 33 heavy (non-hydrogen) atoms. The fourth-order valence-electron chi connectivity index (χ4n) is 3.29. The maximum atomic E-state index is 13.3. The van der Waals surface area contributed by atoms with E-state index in [9.17, 15) is 9.59 Å². The predicted molar refractivity (Wildman–Crippen MR) is 136 cm³/mol. The number of ether oxygens (including phenoxy) is 1. The van der Waals surface area contributed by atoms with Crippen LogP contribution in [0.25, 0.3) is 0 Å². The summed E-state index contributed by atoms with van der Waals surface area (Å²) in [5.41, 5.74) is 2.19. The first-order chi connectivity index (χ1) is 15.9. The van der Waals surface area contributed by atoms with Gasteiger partial charge in [-0.2, -0.15) is 0 Å². The first-order valence-electron chi connectivity index (χ1n) is 10.7. The molecule has 0 saturated heterocycles. The van der Waals surface area contributed by atoms with Crippen LogP contribution in [0.15, 0.2) is 78.9 Å². The van der Waals surface area contributed by atoms with Crippen LogP contribution in [0.3, 0.4) is 0 Å². The second-order valence-corrected chi connectivity index (χ2v) is 7.94. The van der Waals surface area contributed by atoms with E-state index in [1.165, 1.54) is 0 Å². The molecule has 2 amide bonds. The summed E-state index contributed by atoms with van der Waals surface area (Å²) in [4.78, 5) is 27.6. The number of anilines is 2. The molecular weight excluding hydrogens is 434 g/mol. The normalized spacial score (nSPS) is 10.4. The molecule has 2 N–H and O–H groups in total. The molecule has 0 radical (unpaired) electrons. The van der Waals surface area contributed by atoms with Crippen LogP contribution in [0.4, 0.5) is 11.4 Å². The molecule has 3 rings (SSSR count). The zero-order valence-corrected chi connectivity index (χ0v) is 19.7. The summed E-state index contributed by atoms with van der Waals surface area (Å²) in [7, 11) is 0. The molecule has 170 valence electrons. The molecule has 7 heteroatoms. The maximum Gasteiger partial charge on any atom is 0.260 e. The van der Waals surface area contributed by atoms with Crippen LogP contribution in [0.5, 0.6) is 5.75 Å². The van der Waals surface area contributed by atoms with Crippen LogP contribution < -0.4 is 20.3 Å². The molecule has 0 aliphatic rings. The van der Waals surface area contributed by atoms with Crippen LogP contribution >= 0.6 is 12.2 Å². The average Bonchev–Trinajstić information content (AvgIpc) is 2.80. The third kappa shape index (κ3) is 6.40. The first kappa shape index (κ1) is 23.9. The highest BCUT2D eigenvalue weighted by atomic mass is 32.1. The van der Waals surface area contributed by atoms with Crippen molar-refractivity contribution >= 4 is 40.5 Å². The van der Waals surface area contributed by atoms with Gasteiger partial charge >= 0.3 is 0 Å². The molecule has 3 aromatic rings. The van der Waals surface area contributed by atoms with Crippen molar-refractivity contribution in [3.8, 4) is 5.75 Å². The van der Waals surface area contributed by atoms with E-state index in [1.807, 2.05) is 51.1 Å². The maximum absolute atomic E-state index is 13.3. The third-order valence-electron chi connectivity index (χ3n) is 4.73. The van der Waals surface area contributed by atoms with E-state index < -0.39 is 0 Å². The van der Waals surface area contributed by atoms with E-state index in [-0.39, 0.29) is 23.0 Å². The highest BCUT2D eigenvalue weighted by molar-refractivity contribution is 7.80. The van der Waals surface area contributed by atoms with Crippen molar-refractivity contribution in [2.24, 2.45) is 0 Å². The number of benzene rings is 3. The number of hydrogen-bond donors (Lipinski definition) is 2. The van der Waals surface area contributed by atoms with Crippen molar-refractivity contribution in [1.29, 1.82) is 0 Å². The molecule has 0 aliphatic heterocycles. The van der Waals surface area contributed by atoms with Gasteiger partial charge in [-0.25, -0.2) is 0 Å². The minimum atomic E-state index is -0.370. The van der Waals surface area contributed by atoms with Gasteiger partial charge in [0.25, 0.3) is 11.8 Å². The van der Waals surface area contributed by atoms with E-state index >= 15 is 0 Å². The van der Waals surface area contributed by atoms with Crippen LogP contribution in [0.1, 0.15) is 41.5 Å². The molecule has 0 heterocycles. The second kappa shape index (κ2) is 11.2. The second-order valence-electron chi connectivity index (χ2n) is 7.53. The molecule has 6 nitrogen and oxygen atoms in total. The quantitative estimate of drug-likeness (QED) is 0.469. The largest absolute Gasteiger partial charge is 0.491 e. The molecule has 0 unspecified atom stereocenters. The molecular formula is C26H27N3O3S. The Hall–Kier alpha value is -3.71. The number of carbonyl (C=O) groups excluding carboxylic acids is 2. The summed E-state index contributed by atoms with van der Waals surface area (Å²) in [5, 5.41) is 5.75. The number of para-hydroxylation sites is 2. The van der Waals surface area contributed by atoms with Gasteiger partial charge in [0, 0.05) is 17.8 Å². The topological polar surface area (TPSA) is 70.7 Å². The highest BCUT2D eigenvalue weighted by Crippen LogP contribution is 2.22. The van der Waals surface area contributed by atoms with Crippen molar-refractivity contribution < 1.29 is 14.3 Å². The van der Waals surface area contributed by atoms with E-state index in [0.29, 0.717) is 29.1 Å². The van der Waals surface area contributed by atoms with Gasteiger partial charge < -0.3 is 15.0 Å². The summed E-state index contributed by atoms with van der Waals surface area (Å²) in [6.07, 6.45) is -0.00124. The summed E-state index contributed by atoms with van der Waals surface area (Å²) in [6.45, 7) is 6.26. The zero-order chi connectivity index (χ0) is 23.8. The van der Waals surface area contributed by atoms with Gasteiger partial charge in [0.1, 0.15) is 5.75 Å². The van der Waals surface area contributed by atoms with Crippen LogP contribution in [0, 0.1) is 0 Å². The van der Waals surface area contributed by atoms with E-state index in [4.69, 9.17) is 17.0 Å². The van der Waals surface area contributed by atoms with Crippen LogP contribution in [-0.4, -0.2) is 29.6 Å². The number of carbonyl (C=O) groups is 2. The first-order valence-corrected chi connectivity index (χ1v) is 11.1. The Morgan fingerprint density at radius 3 is 2.36 bits per heavy atom. The van der Waals surface area contributed by atoms with Gasteiger partial charge in [-0.15, -0.1) is 0 Å². The SMILES string of the molecule is CCN(C(=O)c1ccccc1NC(=S)NC(=O)c1cccc(OC(C)C)c1)c1ccccc1. The fraction of sp³-hybridized carbons (Fsp3) is 0.192. The lowest BCUT2D eigenvalue weighted by Gasteiger charge is -2.23. The highest BCUT2D eigenvalue weighted by Gasteiger charge is 2.20. The summed E-state index contributed by atoms with van der Waals surface area (Å²) in [6, 6.07) is 23.4. The number of nitrogens with zero attached hydrogens (tertiary/aromatic N) is 1. The third-order valence-corrected chi connectivity index (χ3v) is 4.93. The lowest BCUT2D eigenvalue weighted by atomic mass is 10.1. The van der Waals surface area contributed by atoms with Gasteiger partial charge in [-0.05, 0) is 75.5 Å². The van der Waals surface area contributed by atoms with Crippen molar-refractivity contribution in [2.45, 2.75) is 26.9 Å². The Balaban J connectivity index is 1.73. The van der Waals surface area contributed by atoms with Gasteiger partial charge in [-0.3, -0.25) is 14.9 Å². The van der Waals surface area contributed by atoms with E-state index in [2.05, 4.69) is 10.6 Å². The van der Waals surface area contributed by atoms with Crippen LogP contribution in [0.2, 0.25) is 0 Å². The van der Waals surface area contributed by atoms with Crippen molar-refractivity contribution in [2.75, 3.05) is 16.8 Å². The zero-order valence-electron chi connectivity index (χ0n) is 18.9. The minimum Gasteiger partial charge on any atom is -0.491 e. The molecule has 0 aliphatic carbocycles. The lowest BCUT2D eigenvalue weighted by molar-refractivity contribution is 0.0973. The predicted octanol–water partition coefficient (Wildman–Crippen LogP) is 5.27. The Morgan fingerprint density at radius 2 is 1.67 bits per heavy atom. The summed E-state index contributed by atoms with van der Waals surface area (Å²) >= 11 is 5.35. The van der Waals surface area contributed by atoms with Gasteiger partial charge in [-0.1, -0.05) is 36.4 Å². The average molecular weight is 462 g/mol. The smallest absolute Gasteiger partial charge is 0.260 e. The van der Waals surface area contributed by atoms with E-state index in [0.717, 1.165) is 5.69 Å². The molecule has 0 fully saturated rings. The van der Waals surface area contributed by atoms with Crippen LogP contribution in [-0.2, 0) is 0 Å². The standard InChI is InChI=1S/C26H27N3O3S/c1-4-29(20-12-6-5-7-13-20)25(31)22-15-8-9-16-23(22)27-26(33)28-24(30)19-11-10-14-21(17-19)32-18(2)3/h5-18H,4H2,1-3H3,(H2,27,28,30,33). The number of nitrogens with one attached hydrogen (secondary N) is 2. The van der Waals surface area contributed by atoms with Gasteiger partial charge in [0.15, 0.2) is 5.11 Å². The molecule has 3 aromatic carbocycles. The number of hydrogen-bond acceptors (Lipinski definition) is 4. The molecule has 0 bridgehead atoms. The van der Waals surface area contributed by atoms with Crippen molar-refractivity contribution in [3.05, 3.63) is 90.0 Å². The number of amides is 2. The van der Waals surface area contributed by atoms with Gasteiger partial charge in [0.2, 0.25) is 0 Å². The Kier molecular flexibility index (Phi) is 8.16. The molecule has 0 saturated carbocycles. The number of rotatable bonds is 7. The Bertz CT molecular complexity index is 1130. The molecule has 0 spiro atoms. The summed E-state index contributed by atoms with van der Waals surface area (Å²) in [5.74, 6) is 0.0671. The summed E-state index contributed by atoms with van der Waals surface area (Å²) < 4.78 is 5.65. The minimum absolute atomic E-state index is 0.00124. The molecule has 0 atom stereocenters. The fourth-order valence-corrected chi connectivity index (χ4v) is 3.49. The van der Waals surface area contributed by atoms with E-state index in [1.54, 1.807) is 53.4 Å². The molecule has 0 aromatic heterocycles. The van der Waals surface area contributed by atoms with Gasteiger partial charge in [0.05, 0.1) is 17.4 Å². The van der Waals surface area contributed by atoms with Crippen molar-refractivity contribution in [3.63, 3.8) is 0 Å². The Morgan fingerprint density at radius 1 is 0.970 bits per heavy atom. The number of thiocarbonyl (C=S) groups is 1. The lowest BCUT2D eigenvalue weighted by Crippen LogP contribution is -2.35. The van der Waals surface area contributed by atoms with Crippen molar-refractivity contribution in [1.82, 2.24) is 5.32 Å².